The van der Waals surface area contributed by atoms with Gasteiger partial charge in [-0.25, -0.2) is 4.98 Å². The van der Waals surface area contributed by atoms with E-state index in [0.717, 1.165) is 41.3 Å². The maximum absolute atomic E-state index is 5.47. The third kappa shape index (κ3) is 6.34. The lowest BCUT2D eigenvalue weighted by Crippen LogP contribution is -2.29. The van der Waals surface area contributed by atoms with Gasteiger partial charge in [0.25, 0.3) is 0 Å². The molecule has 1 rings (SSSR count). The number of oxazole rings is 1. The molecule has 26 heavy (non-hydrogen) atoms. The van der Waals surface area contributed by atoms with Crippen LogP contribution in [0.3, 0.4) is 0 Å². The second-order valence-electron chi connectivity index (χ2n) is 7.09. The Morgan fingerprint density at radius 1 is 1.35 bits per heavy atom. The van der Waals surface area contributed by atoms with Crippen LogP contribution < -0.4 is 0 Å². The van der Waals surface area contributed by atoms with Crippen molar-refractivity contribution in [1.29, 1.82) is 0 Å². The zero-order valence-corrected chi connectivity index (χ0v) is 17.2. The molecule has 0 aromatic carbocycles. The van der Waals surface area contributed by atoms with E-state index < -0.39 is 0 Å². The van der Waals surface area contributed by atoms with E-state index in [9.17, 15) is 0 Å². The van der Waals surface area contributed by atoms with Crippen LogP contribution in [0.1, 0.15) is 46.8 Å². The number of allylic oxidation sites excluding steroid dienone is 5. The molecule has 0 fully saturated rings. The molecule has 1 heterocycles. The standard InChI is InChI=1S/C22H34N2O2/c1-9-20(22-14-23-15-26-22)13-21(17(4)5)24(10-11-25-8)19(7)18(6)12-16(2)3/h9,13-16,18H,4,7,10-12H2,1-3,5-6,8H3/b20-9+,21-13+. The van der Waals surface area contributed by atoms with E-state index in [1.54, 1.807) is 13.3 Å². The fourth-order valence-corrected chi connectivity index (χ4v) is 2.94. The van der Waals surface area contributed by atoms with E-state index in [1.807, 2.05) is 19.9 Å². The molecule has 4 heteroatoms. The van der Waals surface area contributed by atoms with Gasteiger partial charge in [0.2, 0.25) is 0 Å². The predicted octanol–water partition coefficient (Wildman–Crippen LogP) is 5.68. The summed E-state index contributed by atoms with van der Waals surface area (Å²) in [6.45, 7) is 20.6. The summed E-state index contributed by atoms with van der Waals surface area (Å²) in [4.78, 5) is 6.24. The monoisotopic (exact) mass is 358 g/mol. The number of rotatable bonds is 11. The van der Waals surface area contributed by atoms with Gasteiger partial charge in [0.05, 0.1) is 12.8 Å². The fraction of sp³-hybridized carbons (Fsp3) is 0.500. The number of aromatic nitrogens is 1. The topological polar surface area (TPSA) is 38.5 Å². The van der Waals surface area contributed by atoms with Crippen LogP contribution in [0.25, 0.3) is 5.57 Å². The highest BCUT2D eigenvalue weighted by atomic mass is 16.5. The Morgan fingerprint density at radius 3 is 2.50 bits per heavy atom. The molecule has 1 aromatic rings. The SMILES string of the molecule is C=C(C)/C(=C\C(=C/C)c1cnco1)N(CCOC)C(=C)C(C)CC(C)C. The Hall–Kier alpha value is -2.07. The molecule has 0 aliphatic carbocycles. The maximum atomic E-state index is 5.47. The summed E-state index contributed by atoms with van der Waals surface area (Å²) < 4.78 is 10.8. The first kappa shape index (κ1) is 22.0. The average Bonchev–Trinajstić information content (AvgIpc) is 3.10. The van der Waals surface area contributed by atoms with E-state index in [4.69, 9.17) is 9.15 Å². The lowest BCUT2D eigenvalue weighted by molar-refractivity contribution is 0.171. The first-order chi connectivity index (χ1) is 12.3. The molecule has 0 radical (unpaired) electrons. The Bertz CT molecular complexity index is 639. The maximum Gasteiger partial charge on any atom is 0.181 e. The molecule has 0 saturated heterocycles. The van der Waals surface area contributed by atoms with Crippen molar-refractivity contribution in [3.05, 3.63) is 60.6 Å². The van der Waals surface area contributed by atoms with Gasteiger partial charge >= 0.3 is 0 Å². The molecule has 1 aromatic heterocycles. The van der Waals surface area contributed by atoms with Gasteiger partial charge < -0.3 is 14.1 Å². The second-order valence-corrected chi connectivity index (χ2v) is 7.09. The third-order valence-corrected chi connectivity index (χ3v) is 4.31. The van der Waals surface area contributed by atoms with Crippen molar-refractivity contribution < 1.29 is 9.15 Å². The molecule has 4 nitrogen and oxygen atoms in total. The molecule has 0 N–H and O–H groups in total. The smallest absolute Gasteiger partial charge is 0.181 e. The summed E-state index contributed by atoms with van der Waals surface area (Å²) in [5.74, 6) is 1.72. The van der Waals surface area contributed by atoms with Gasteiger partial charge in [-0.3, -0.25) is 0 Å². The number of methoxy groups -OCH3 is 1. The van der Waals surface area contributed by atoms with Crippen molar-refractivity contribution in [2.45, 2.75) is 41.0 Å². The minimum Gasteiger partial charge on any atom is -0.444 e. The molecule has 0 bridgehead atoms. The quantitative estimate of drug-likeness (QED) is 0.477. The van der Waals surface area contributed by atoms with Crippen LogP contribution in [0.4, 0.5) is 0 Å². The van der Waals surface area contributed by atoms with Crippen LogP contribution in [0.2, 0.25) is 0 Å². The summed E-state index contributed by atoms with van der Waals surface area (Å²) in [6.07, 6.45) is 8.35. The van der Waals surface area contributed by atoms with Crippen LogP contribution in [0.15, 0.2) is 59.3 Å². The molecule has 0 aliphatic rings. The van der Waals surface area contributed by atoms with E-state index in [0.29, 0.717) is 18.4 Å². The zero-order valence-electron chi connectivity index (χ0n) is 17.2. The van der Waals surface area contributed by atoms with Crippen LogP contribution >= 0.6 is 0 Å². The van der Waals surface area contributed by atoms with Crippen LogP contribution in [0.5, 0.6) is 0 Å². The Balaban J connectivity index is 3.25. The van der Waals surface area contributed by atoms with Crippen molar-refractivity contribution in [2.75, 3.05) is 20.3 Å². The predicted molar refractivity (Wildman–Crippen MR) is 109 cm³/mol. The molecular weight excluding hydrogens is 324 g/mol. The highest BCUT2D eigenvalue weighted by Gasteiger charge is 2.20. The van der Waals surface area contributed by atoms with Gasteiger partial charge in [-0.15, -0.1) is 0 Å². The lowest BCUT2D eigenvalue weighted by atomic mass is 9.95. The van der Waals surface area contributed by atoms with Gasteiger partial charge in [0, 0.05) is 30.6 Å². The van der Waals surface area contributed by atoms with Crippen molar-refractivity contribution in [1.82, 2.24) is 9.88 Å². The summed E-state index contributed by atoms with van der Waals surface area (Å²) in [6, 6.07) is 0. The summed E-state index contributed by atoms with van der Waals surface area (Å²) >= 11 is 0. The van der Waals surface area contributed by atoms with Gasteiger partial charge in [-0.1, -0.05) is 40.0 Å². The highest BCUT2D eigenvalue weighted by molar-refractivity contribution is 5.71. The highest BCUT2D eigenvalue weighted by Crippen LogP contribution is 2.29. The van der Waals surface area contributed by atoms with Gasteiger partial charge in [-0.05, 0) is 43.8 Å². The molecule has 0 amide bonds. The van der Waals surface area contributed by atoms with Crippen LogP contribution in [-0.4, -0.2) is 30.1 Å². The molecule has 0 spiro atoms. The summed E-state index contributed by atoms with van der Waals surface area (Å²) in [5, 5.41) is 0. The van der Waals surface area contributed by atoms with E-state index in [2.05, 4.69) is 49.9 Å². The molecule has 0 aliphatic heterocycles. The Kier molecular flexibility index (Phi) is 9.14. The van der Waals surface area contributed by atoms with E-state index in [1.165, 1.54) is 6.39 Å². The number of hydrogen-bond donors (Lipinski definition) is 0. The van der Waals surface area contributed by atoms with Gasteiger partial charge in [0.1, 0.15) is 0 Å². The lowest BCUT2D eigenvalue weighted by Gasteiger charge is -2.33. The van der Waals surface area contributed by atoms with Crippen molar-refractivity contribution in [3.63, 3.8) is 0 Å². The second kappa shape index (κ2) is 10.8. The first-order valence-corrected chi connectivity index (χ1v) is 9.19. The fourth-order valence-electron chi connectivity index (χ4n) is 2.94. The van der Waals surface area contributed by atoms with Crippen LogP contribution in [0, 0.1) is 11.8 Å². The summed E-state index contributed by atoms with van der Waals surface area (Å²) in [7, 11) is 1.72. The molecule has 1 atom stereocenters. The Morgan fingerprint density at radius 2 is 2.04 bits per heavy atom. The third-order valence-electron chi connectivity index (χ3n) is 4.31. The number of nitrogens with zero attached hydrogens (tertiary/aromatic N) is 2. The van der Waals surface area contributed by atoms with E-state index >= 15 is 0 Å². The van der Waals surface area contributed by atoms with Gasteiger partial charge in [0.15, 0.2) is 12.2 Å². The molecule has 0 saturated carbocycles. The summed E-state index contributed by atoms with van der Waals surface area (Å²) in [5.41, 5.74) is 4.04. The molecular formula is C22H34N2O2. The number of ether oxygens (including phenoxy) is 1. The average molecular weight is 359 g/mol. The zero-order chi connectivity index (χ0) is 19.7. The van der Waals surface area contributed by atoms with Crippen molar-refractivity contribution in [3.8, 4) is 0 Å². The molecule has 144 valence electrons. The normalized spacial score (nSPS) is 13.8. The Labute approximate surface area is 158 Å². The number of hydrogen-bond acceptors (Lipinski definition) is 4. The van der Waals surface area contributed by atoms with Gasteiger partial charge in [-0.2, -0.15) is 0 Å². The van der Waals surface area contributed by atoms with Crippen molar-refractivity contribution >= 4 is 5.57 Å². The first-order valence-electron chi connectivity index (χ1n) is 9.19. The van der Waals surface area contributed by atoms with E-state index in [-0.39, 0.29) is 0 Å². The largest absolute Gasteiger partial charge is 0.444 e. The van der Waals surface area contributed by atoms with Crippen LogP contribution in [-0.2, 0) is 4.74 Å². The van der Waals surface area contributed by atoms with Crippen molar-refractivity contribution in [2.24, 2.45) is 11.8 Å². The minimum atomic E-state index is 0.369. The molecule has 1 unspecified atom stereocenters. The minimum absolute atomic E-state index is 0.369.